The van der Waals surface area contributed by atoms with Crippen LogP contribution in [0, 0.1) is 5.41 Å². The smallest absolute Gasteiger partial charge is 0.231 e. The standard InChI is InChI=1S/C28H30N4O3/c1-27(2,3)18-9-6-16(7-10-18)25-30-26-29-19-13-28(4,5)14-20(33)23(19)24(32(26)31-25)17-8-11-21-22(12-17)35-15-34-21/h6-12,24H,13-15H2,1-5H3,(H,29,30,31). The summed E-state index contributed by atoms with van der Waals surface area (Å²) in [5.41, 5.74) is 4.77. The molecule has 0 radical (unpaired) electrons. The molecule has 35 heavy (non-hydrogen) atoms. The predicted octanol–water partition coefficient (Wildman–Crippen LogP) is 5.63. The maximum atomic E-state index is 13.5. The second-order valence-corrected chi connectivity index (χ2v) is 11.5. The van der Waals surface area contributed by atoms with Gasteiger partial charge < -0.3 is 14.8 Å². The quantitative estimate of drug-likeness (QED) is 0.523. The summed E-state index contributed by atoms with van der Waals surface area (Å²) in [7, 11) is 0. The molecule has 2 aromatic carbocycles. The number of hydrogen-bond donors (Lipinski definition) is 1. The molecule has 2 aliphatic heterocycles. The van der Waals surface area contributed by atoms with Gasteiger partial charge in [-0.05, 0) is 40.5 Å². The number of ketones is 1. The van der Waals surface area contributed by atoms with Crippen LogP contribution < -0.4 is 14.8 Å². The van der Waals surface area contributed by atoms with Crippen LogP contribution in [-0.4, -0.2) is 27.3 Å². The van der Waals surface area contributed by atoms with Crippen LogP contribution in [0.3, 0.4) is 0 Å². The molecule has 0 saturated carbocycles. The highest BCUT2D eigenvalue weighted by Crippen LogP contribution is 2.47. The minimum atomic E-state index is -0.380. The zero-order valence-corrected chi connectivity index (χ0v) is 20.8. The Balaban J connectivity index is 1.47. The monoisotopic (exact) mass is 470 g/mol. The summed E-state index contributed by atoms with van der Waals surface area (Å²) < 4.78 is 13.0. The average Bonchev–Trinajstić information content (AvgIpc) is 3.42. The zero-order chi connectivity index (χ0) is 24.5. The van der Waals surface area contributed by atoms with Crippen molar-refractivity contribution in [1.82, 2.24) is 14.8 Å². The van der Waals surface area contributed by atoms with Crippen molar-refractivity contribution in [2.75, 3.05) is 12.1 Å². The Morgan fingerprint density at radius 1 is 1.03 bits per heavy atom. The predicted molar refractivity (Wildman–Crippen MR) is 134 cm³/mol. The highest BCUT2D eigenvalue weighted by molar-refractivity contribution is 6.00. The van der Waals surface area contributed by atoms with E-state index >= 15 is 0 Å². The van der Waals surface area contributed by atoms with Crippen molar-refractivity contribution in [2.45, 2.75) is 58.9 Å². The fourth-order valence-electron chi connectivity index (χ4n) is 5.24. The van der Waals surface area contributed by atoms with E-state index in [9.17, 15) is 4.79 Å². The van der Waals surface area contributed by atoms with Crippen molar-refractivity contribution in [3.63, 3.8) is 0 Å². The third-order valence-corrected chi connectivity index (χ3v) is 7.05. The van der Waals surface area contributed by atoms with Gasteiger partial charge in [0.25, 0.3) is 0 Å². The Kier molecular flexibility index (Phi) is 4.66. The largest absolute Gasteiger partial charge is 0.454 e. The normalized spacial score (nSPS) is 20.4. The molecule has 6 rings (SSSR count). The van der Waals surface area contributed by atoms with Gasteiger partial charge >= 0.3 is 0 Å². The molecule has 3 aliphatic rings. The number of aromatic nitrogens is 3. The maximum Gasteiger partial charge on any atom is 0.231 e. The Labute approximate surface area is 205 Å². The molecule has 0 spiro atoms. The van der Waals surface area contributed by atoms with Gasteiger partial charge in [-0.1, -0.05) is 65.0 Å². The van der Waals surface area contributed by atoms with Crippen LogP contribution >= 0.6 is 0 Å². The lowest BCUT2D eigenvalue weighted by Crippen LogP contribution is -2.36. The van der Waals surface area contributed by atoms with Crippen molar-refractivity contribution < 1.29 is 14.3 Å². The van der Waals surface area contributed by atoms with Gasteiger partial charge in [0.1, 0.15) is 6.04 Å². The Hall–Kier alpha value is -3.61. The molecule has 0 amide bonds. The zero-order valence-electron chi connectivity index (χ0n) is 20.8. The van der Waals surface area contributed by atoms with Crippen molar-refractivity contribution in [3.8, 4) is 22.9 Å². The van der Waals surface area contributed by atoms with Gasteiger partial charge in [0.15, 0.2) is 23.1 Å². The van der Waals surface area contributed by atoms with E-state index in [2.05, 4.69) is 64.2 Å². The number of nitrogens with one attached hydrogen (secondary N) is 1. The summed E-state index contributed by atoms with van der Waals surface area (Å²) in [6, 6.07) is 13.9. The second kappa shape index (κ2) is 7.44. The Morgan fingerprint density at radius 2 is 1.77 bits per heavy atom. The van der Waals surface area contributed by atoms with Gasteiger partial charge in [0, 0.05) is 23.3 Å². The van der Waals surface area contributed by atoms with Gasteiger partial charge in [-0.2, -0.15) is 4.98 Å². The minimum Gasteiger partial charge on any atom is -0.454 e. The molecule has 1 aliphatic carbocycles. The number of ether oxygens (including phenoxy) is 2. The number of carbonyl (C=O) groups excluding carboxylic acids is 1. The van der Waals surface area contributed by atoms with Crippen LogP contribution in [0.5, 0.6) is 11.5 Å². The molecule has 180 valence electrons. The SMILES string of the molecule is CC1(C)CC(=O)C2=C(C1)Nc1nc(-c3ccc(C(C)(C)C)cc3)nn1C2c1ccc2c(c1)OCO2. The van der Waals surface area contributed by atoms with E-state index in [0.717, 1.165) is 28.8 Å². The van der Waals surface area contributed by atoms with Crippen LogP contribution in [0.15, 0.2) is 53.7 Å². The summed E-state index contributed by atoms with van der Waals surface area (Å²) in [6.07, 6.45) is 1.28. The number of hydrogen-bond acceptors (Lipinski definition) is 6. The minimum absolute atomic E-state index is 0.0710. The fraction of sp³-hybridized carbons (Fsp3) is 0.393. The van der Waals surface area contributed by atoms with Crippen molar-refractivity contribution in [2.24, 2.45) is 5.41 Å². The van der Waals surface area contributed by atoms with Crippen LogP contribution in [0.4, 0.5) is 5.95 Å². The number of allylic oxidation sites excluding steroid dienone is 2. The number of anilines is 1. The van der Waals surface area contributed by atoms with Crippen LogP contribution in [-0.2, 0) is 10.2 Å². The molecular weight excluding hydrogens is 440 g/mol. The van der Waals surface area contributed by atoms with E-state index in [-0.39, 0.29) is 29.4 Å². The number of nitrogens with zero attached hydrogens (tertiary/aromatic N) is 3. The number of carbonyl (C=O) groups is 1. The van der Waals surface area contributed by atoms with Gasteiger partial charge in [0.05, 0.1) is 0 Å². The first-order chi connectivity index (χ1) is 16.6. The maximum absolute atomic E-state index is 13.5. The summed E-state index contributed by atoms with van der Waals surface area (Å²) in [6.45, 7) is 11.1. The van der Waals surface area contributed by atoms with Crippen molar-refractivity contribution in [1.29, 1.82) is 0 Å². The molecule has 1 aromatic heterocycles. The first-order valence-corrected chi connectivity index (χ1v) is 12.1. The number of fused-ring (bicyclic) bond motifs is 2. The second-order valence-electron chi connectivity index (χ2n) is 11.5. The van der Waals surface area contributed by atoms with E-state index in [1.54, 1.807) is 0 Å². The highest BCUT2D eigenvalue weighted by Gasteiger charge is 2.42. The highest BCUT2D eigenvalue weighted by atomic mass is 16.7. The lowest BCUT2D eigenvalue weighted by atomic mass is 9.73. The Bertz CT molecular complexity index is 1380. The van der Waals surface area contributed by atoms with Gasteiger partial charge in [-0.15, -0.1) is 5.10 Å². The number of benzene rings is 2. The van der Waals surface area contributed by atoms with E-state index in [4.69, 9.17) is 19.6 Å². The van der Waals surface area contributed by atoms with Gasteiger partial charge in [-0.3, -0.25) is 4.79 Å². The molecule has 0 bridgehead atoms. The van der Waals surface area contributed by atoms with E-state index in [1.165, 1.54) is 5.56 Å². The Morgan fingerprint density at radius 3 is 2.51 bits per heavy atom. The molecule has 7 nitrogen and oxygen atoms in total. The third-order valence-electron chi connectivity index (χ3n) is 7.05. The lowest BCUT2D eigenvalue weighted by Gasteiger charge is -2.38. The molecular formula is C28H30N4O3. The summed E-state index contributed by atoms with van der Waals surface area (Å²) in [5.74, 6) is 2.82. The summed E-state index contributed by atoms with van der Waals surface area (Å²) in [4.78, 5) is 18.3. The molecule has 1 atom stereocenters. The van der Waals surface area contributed by atoms with Crippen LogP contribution in [0.2, 0.25) is 0 Å². The fourth-order valence-corrected chi connectivity index (χ4v) is 5.24. The molecule has 0 saturated heterocycles. The molecule has 3 aromatic rings. The van der Waals surface area contributed by atoms with Crippen molar-refractivity contribution in [3.05, 3.63) is 64.9 Å². The van der Waals surface area contributed by atoms with Crippen molar-refractivity contribution >= 4 is 11.7 Å². The third kappa shape index (κ3) is 3.70. The number of Topliss-reactive ketones (excluding diaryl/α,β-unsaturated/α-hetero) is 1. The van der Waals surface area contributed by atoms with E-state index < -0.39 is 0 Å². The molecule has 1 N–H and O–H groups in total. The van der Waals surface area contributed by atoms with Gasteiger partial charge in [0.2, 0.25) is 12.7 Å². The molecule has 3 heterocycles. The molecule has 0 fully saturated rings. The molecule has 7 heteroatoms. The lowest BCUT2D eigenvalue weighted by molar-refractivity contribution is -0.118. The topological polar surface area (TPSA) is 78.3 Å². The van der Waals surface area contributed by atoms with E-state index in [1.807, 2.05) is 22.9 Å². The summed E-state index contributed by atoms with van der Waals surface area (Å²) in [5, 5.41) is 8.37. The first kappa shape index (κ1) is 21.9. The summed E-state index contributed by atoms with van der Waals surface area (Å²) >= 11 is 0. The van der Waals surface area contributed by atoms with E-state index in [0.29, 0.717) is 29.7 Å². The molecule has 1 unspecified atom stereocenters. The average molecular weight is 471 g/mol. The first-order valence-electron chi connectivity index (χ1n) is 12.1. The van der Waals surface area contributed by atoms with Crippen LogP contribution in [0.1, 0.15) is 64.6 Å². The van der Waals surface area contributed by atoms with Crippen LogP contribution in [0.25, 0.3) is 11.4 Å². The van der Waals surface area contributed by atoms with Gasteiger partial charge in [-0.25, -0.2) is 4.68 Å². The number of rotatable bonds is 2.